The van der Waals surface area contributed by atoms with Crippen LogP contribution in [0.25, 0.3) is 0 Å². The molecule has 1 aliphatic heterocycles. The number of ketones is 1. The van der Waals surface area contributed by atoms with Gasteiger partial charge in [0.15, 0.2) is 12.9 Å². The SMILES string of the molecule is C.C.C.C.C=C1CCO[C@]12CC[C@H]1[C@@H]3CCC4=CC(=O)CCC4=C3[C@@H](c3ccc(P(=O)(c4ccc(Cl)cc4)c4ccc(Cl)cc4)cc3)C[C@@]12C.S.S.S. The van der Waals surface area contributed by atoms with E-state index in [2.05, 4.69) is 37.8 Å². The van der Waals surface area contributed by atoms with E-state index in [0.717, 1.165) is 67.5 Å². The molecule has 0 radical (unpaired) electrons. The standard InChI is InChI=1S/C40H39Cl2O3P.4CH4.3H2S/c1-25-20-22-45-40(25)21-19-37-35-17-5-27-23-30(43)10-18-34(27)38(35)36(24-39(37,40)2)26-3-11-31(12-4-26)46(44,32-13-6-28(41)7-14-32)33-15-8-29(42)9-16-33;;;;;;;/h3-4,6-9,11-16,23,35-37H,1,5,10,17-22,24H2,2H3;4*1H4;3*1H2/t35-,36+,37-,39-,40+;;;;;;;/m0......./s1. The maximum absolute atomic E-state index is 15.2. The van der Waals surface area contributed by atoms with Crippen LogP contribution in [0.4, 0.5) is 0 Å². The van der Waals surface area contributed by atoms with Gasteiger partial charge in [-0.1, -0.05) is 96.2 Å². The molecule has 0 bridgehead atoms. The van der Waals surface area contributed by atoms with E-state index in [-0.39, 0.29) is 92.9 Å². The van der Waals surface area contributed by atoms with Crippen molar-refractivity contribution in [2.45, 2.75) is 99.5 Å². The van der Waals surface area contributed by atoms with Crippen molar-refractivity contribution in [2.75, 3.05) is 6.61 Å². The quantitative estimate of drug-likeness (QED) is 0.194. The summed E-state index contributed by atoms with van der Waals surface area (Å²) in [4.78, 5) is 12.5. The number of carbonyl (C=O) groups excluding carboxylic acids is 1. The van der Waals surface area contributed by atoms with Crippen LogP contribution in [0, 0.1) is 17.3 Å². The molecule has 5 aliphatic rings. The molecule has 3 nitrogen and oxygen atoms in total. The Bertz CT molecular complexity index is 1820. The molecule has 53 heavy (non-hydrogen) atoms. The monoisotopic (exact) mass is 834 g/mol. The van der Waals surface area contributed by atoms with Crippen LogP contribution in [-0.2, 0) is 14.1 Å². The zero-order chi connectivity index (χ0) is 31.8. The number of hydrogen-bond donors (Lipinski definition) is 0. The highest BCUT2D eigenvalue weighted by molar-refractivity contribution is 7.85. The van der Waals surface area contributed by atoms with Crippen molar-refractivity contribution in [2.24, 2.45) is 17.3 Å². The maximum atomic E-state index is 15.2. The van der Waals surface area contributed by atoms with Gasteiger partial charge in [-0.25, -0.2) is 0 Å². The minimum Gasteiger partial charge on any atom is -0.370 e. The molecule has 5 atom stereocenters. The molecule has 0 aromatic heterocycles. The summed E-state index contributed by atoms with van der Waals surface area (Å²) in [5.74, 6) is 1.46. The first-order valence-electron chi connectivity index (χ1n) is 16.7. The molecule has 0 N–H and O–H groups in total. The first-order chi connectivity index (χ1) is 22.1. The lowest BCUT2D eigenvalue weighted by molar-refractivity contribution is -0.114. The molecule has 1 heterocycles. The largest absolute Gasteiger partial charge is 0.370 e. The van der Waals surface area contributed by atoms with E-state index in [4.69, 9.17) is 27.9 Å². The second-order valence-corrected chi connectivity index (χ2v) is 17.9. The summed E-state index contributed by atoms with van der Waals surface area (Å²) >= 11 is 12.5. The van der Waals surface area contributed by atoms with Crippen molar-refractivity contribution in [3.8, 4) is 0 Å². The van der Waals surface area contributed by atoms with Crippen LogP contribution < -0.4 is 15.9 Å². The summed E-state index contributed by atoms with van der Waals surface area (Å²) in [6.07, 6.45) is 9.56. The van der Waals surface area contributed by atoms with Crippen LogP contribution in [0.5, 0.6) is 0 Å². The first kappa shape index (κ1) is 49.4. The number of hydrogen-bond acceptors (Lipinski definition) is 3. The van der Waals surface area contributed by atoms with E-state index in [1.54, 1.807) is 29.8 Å². The van der Waals surface area contributed by atoms with Gasteiger partial charge in [0, 0.05) is 43.7 Å². The Hall–Kier alpha value is -1.63. The Kier molecular flexibility index (Phi) is 17.3. The summed E-state index contributed by atoms with van der Waals surface area (Å²) in [5.41, 5.74) is 6.49. The van der Waals surface area contributed by atoms with Gasteiger partial charge in [-0.05, 0) is 134 Å². The number of rotatable bonds is 4. The number of benzene rings is 3. The van der Waals surface area contributed by atoms with Gasteiger partial charge in [0.2, 0.25) is 0 Å². The molecule has 8 rings (SSSR count). The molecule has 3 aromatic rings. The third-order valence-corrected chi connectivity index (χ3v) is 15.8. The Balaban J connectivity index is 0.00000201. The van der Waals surface area contributed by atoms with Crippen LogP contribution in [0.3, 0.4) is 0 Å². The minimum atomic E-state index is -3.20. The number of ether oxygens (including phenoxy) is 1. The highest BCUT2D eigenvalue weighted by Gasteiger charge is 2.66. The average Bonchev–Trinajstić information content (AvgIpc) is 3.59. The lowest BCUT2D eigenvalue weighted by Gasteiger charge is -2.55. The topological polar surface area (TPSA) is 43.4 Å². The first-order valence-corrected chi connectivity index (χ1v) is 19.1. The van der Waals surface area contributed by atoms with Crippen molar-refractivity contribution in [1.29, 1.82) is 0 Å². The number of fused-ring (bicyclic) bond motifs is 5. The van der Waals surface area contributed by atoms with Gasteiger partial charge < -0.3 is 9.30 Å². The second-order valence-electron chi connectivity index (χ2n) is 14.2. The summed E-state index contributed by atoms with van der Waals surface area (Å²) in [6, 6.07) is 23.3. The molecule has 0 amide bonds. The Morgan fingerprint density at radius 3 is 1.79 bits per heavy atom. The van der Waals surface area contributed by atoms with Gasteiger partial charge >= 0.3 is 0 Å². The van der Waals surface area contributed by atoms with E-state index < -0.39 is 7.14 Å². The van der Waals surface area contributed by atoms with Crippen molar-refractivity contribution < 1.29 is 14.1 Å². The number of allylic oxidation sites excluding steroid dienone is 4. The van der Waals surface area contributed by atoms with Gasteiger partial charge in [-0.2, -0.15) is 40.5 Å². The fourth-order valence-corrected chi connectivity index (χ4v) is 12.9. The predicted molar refractivity (Wildman–Crippen MR) is 247 cm³/mol. The van der Waals surface area contributed by atoms with Gasteiger partial charge in [-0.15, -0.1) is 0 Å². The Morgan fingerprint density at radius 1 is 0.755 bits per heavy atom. The molecule has 9 heteroatoms. The fraction of sp³-hybridized carbons (Fsp3) is 0.432. The highest BCUT2D eigenvalue weighted by Crippen LogP contribution is 2.70. The smallest absolute Gasteiger partial charge is 0.171 e. The van der Waals surface area contributed by atoms with Crippen LogP contribution >= 0.6 is 70.8 Å². The molecule has 3 fully saturated rings. The number of carbonyl (C=O) groups is 1. The second kappa shape index (κ2) is 18.5. The van der Waals surface area contributed by atoms with Crippen molar-refractivity contribution in [3.63, 3.8) is 0 Å². The lowest BCUT2D eigenvalue weighted by atomic mass is 9.50. The predicted octanol–water partition coefficient (Wildman–Crippen LogP) is 12.1. The third-order valence-electron chi connectivity index (χ3n) is 12.2. The summed E-state index contributed by atoms with van der Waals surface area (Å²) in [6.45, 7) is 7.82. The third kappa shape index (κ3) is 7.74. The van der Waals surface area contributed by atoms with E-state index in [1.165, 1.54) is 22.3 Å². The maximum Gasteiger partial charge on any atom is 0.171 e. The molecular formula is C44H61Cl2O3PS3. The summed E-state index contributed by atoms with van der Waals surface area (Å²) < 4.78 is 21.9. The molecule has 292 valence electrons. The Morgan fingerprint density at radius 2 is 1.28 bits per heavy atom. The van der Waals surface area contributed by atoms with Gasteiger partial charge in [0.25, 0.3) is 0 Å². The number of halogens is 2. The molecule has 2 saturated carbocycles. The van der Waals surface area contributed by atoms with E-state index >= 15 is 4.57 Å². The van der Waals surface area contributed by atoms with Gasteiger partial charge in [0.05, 0.1) is 12.2 Å². The zero-order valence-electron chi connectivity index (χ0n) is 27.7. The lowest BCUT2D eigenvalue weighted by Crippen LogP contribution is -2.52. The molecule has 3 aromatic carbocycles. The van der Waals surface area contributed by atoms with Crippen LogP contribution in [0.2, 0.25) is 10.0 Å². The molecule has 1 spiro atoms. The van der Waals surface area contributed by atoms with E-state index in [0.29, 0.717) is 28.3 Å². The summed E-state index contributed by atoms with van der Waals surface area (Å²) in [5, 5.41) is 3.48. The van der Waals surface area contributed by atoms with Crippen LogP contribution in [0.1, 0.15) is 99.5 Å². The van der Waals surface area contributed by atoms with Gasteiger partial charge in [-0.3, -0.25) is 4.79 Å². The highest BCUT2D eigenvalue weighted by atomic mass is 35.5. The Labute approximate surface area is 351 Å². The normalized spacial score (nSPS) is 26.6. The molecule has 0 unspecified atom stereocenters. The summed E-state index contributed by atoms with van der Waals surface area (Å²) in [7, 11) is -3.20. The van der Waals surface area contributed by atoms with Gasteiger partial charge in [0.1, 0.15) is 0 Å². The van der Waals surface area contributed by atoms with E-state index in [1.807, 2.05) is 30.3 Å². The fourth-order valence-electron chi connectivity index (χ4n) is 10.1. The zero-order valence-corrected chi connectivity index (χ0v) is 33.1. The van der Waals surface area contributed by atoms with E-state index in [9.17, 15) is 4.79 Å². The molecule has 4 aliphatic carbocycles. The average molecular weight is 836 g/mol. The van der Waals surface area contributed by atoms with Crippen molar-refractivity contribution in [3.05, 3.63) is 123 Å². The van der Waals surface area contributed by atoms with Crippen molar-refractivity contribution >= 4 is 92.5 Å². The molecular weight excluding hydrogens is 775 g/mol. The van der Waals surface area contributed by atoms with Crippen LogP contribution in [0.15, 0.2) is 108 Å². The minimum absolute atomic E-state index is 0. The van der Waals surface area contributed by atoms with Crippen molar-refractivity contribution in [1.82, 2.24) is 0 Å². The van der Waals surface area contributed by atoms with Crippen LogP contribution in [-0.4, -0.2) is 18.0 Å². The molecule has 1 saturated heterocycles.